The largest absolute Gasteiger partial charge is 0.438 e. The second-order valence-electron chi connectivity index (χ2n) is 6.26. The van der Waals surface area contributed by atoms with Crippen LogP contribution in [0.5, 0.6) is 11.6 Å². The molecule has 2 N–H and O–H groups in total. The predicted molar refractivity (Wildman–Crippen MR) is 108 cm³/mol. The Bertz CT molecular complexity index is 825. The van der Waals surface area contributed by atoms with Crippen LogP contribution in [0.4, 0.5) is 8.78 Å². The molecule has 9 heteroatoms. The monoisotopic (exact) mass is 423 g/mol. The van der Waals surface area contributed by atoms with Gasteiger partial charge in [0, 0.05) is 13.1 Å². The Morgan fingerprint density at radius 3 is 2.52 bits per heavy atom. The molecular formula is C20H23F2N3O3S. The summed E-state index contributed by atoms with van der Waals surface area (Å²) in [5.41, 5.74) is -0.182. The molecule has 0 aliphatic heterocycles. The lowest BCUT2D eigenvalue weighted by molar-refractivity contribution is 0.00705. The number of carbonyl (C=O) groups is 1. The van der Waals surface area contributed by atoms with Crippen molar-refractivity contribution in [2.24, 2.45) is 0 Å². The number of benzene rings is 1. The van der Waals surface area contributed by atoms with Crippen molar-refractivity contribution in [3.05, 3.63) is 59.4 Å². The van der Waals surface area contributed by atoms with E-state index >= 15 is 0 Å². The molecule has 1 amide bonds. The van der Waals surface area contributed by atoms with Gasteiger partial charge in [-0.3, -0.25) is 4.79 Å². The molecule has 0 saturated heterocycles. The summed E-state index contributed by atoms with van der Waals surface area (Å²) in [6.45, 7) is 0.644. The molecule has 0 spiro atoms. The number of alkyl halides is 2. The topological polar surface area (TPSA) is 84.3 Å². The Labute approximate surface area is 172 Å². The first kappa shape index (κ1) is 22.8. The summed E-state index contributed by atoms with van der Waals surface area (Å²) in [4.78, 5) is 19.5. The molecule has 1 fully saturated rings. The molecule has 3 rings (SSSR count). The lowest BCUT2D eigenvalue weighted by Gasteiger charge is -2.15. The van der Waals surface area contributed by atoms with Crippen LogP contribution >= 0.6 is 11.8 Å². The number of thioether (sulfide) groups is 1. The maximum absolute atomic E-state index is 13.5. The summed E-state index contributed by atoms with van der Waals surface area (Å²) in [7, 11) is 0. The van der Waals surface area contributed by atoms with Crippen LogP contribution in [0, 0.1) is 0 Å². The highest BCUT2D eigenvalue weighted by molar-refractivity contribution is 8.01. The van der Waals surface area contributed by atoms with Crippen LogP contribution in [0.2, 0.25) is 0 Å². The van der Waals surface area contributed by atoms with Crippen LogP contribution in [-0.2, 0) is 5.92 Å². The van der Waals surface area contributed by atoms with Crippen molar-refractivity contribution in [1.29, 1.82) is 0 Å². The first-order valence-electron chi connectivity index (χ1n) is 8.98. The maximum atomic E-state index is 13.5. The quantitative estimate of drug-likeness (QED) is 0.639. The fraction of sp³-hybridized carbons (Fsp3) is 0.350. The minimum atomic E-state index is -3.30. The Balaban J connectivity index is 0.000000912. The maximum Gasteiger partial charge on any atom is 0.303 e. The summed E-state index contributed by atoms with van der Waals surface area (Å²) in [5.74, 6) is -4.86. The van der Waals surface area contributed by atoms with Crippen molar-refractivity contribution in [3.63, 3.8) is 0 Å². The zero-order valence-corrected chi connectivity index (χ0v) is 17.0. The summed E-state index contributed by atoms with van der Waals surface area (Å²) in [6, 6.07) is 8.29. The smallest absolute Gasteiger partial charge is 0.303 e. The van der Waals surface area contributed by atoms with Crippen molar-refractivity contribution < 1.29 is 23.4 Å². The Hall–Kier alpha value is -2.52. The standard InChI is InChI=1S/C17H17F2N3O3S.C3H6/c1-17(18,19)16-20-10-12(14(24)21-13(23)8-9-26-2)15(22-16)25-11-6-4-3-5-7-11;1-2-3-1/h3-10,13,23H,1-2H3,(H,21,24);1-3H2/b9-8+;. The van der Waals surface area contributed by atoms with E-state index in [2.05, 4.69) is 15.3 Å². The molecule has 156 valence electrons. The molecule has 1 unspecified atom stereocenters. The van der Waals surface area contributed by atoms with E-state index in [0.717, 1.165) is 6.20 Å². The molecular weight excluding hydrogens is 400 g/mol. The van der Waals surface area contributed by atoms with Gasteiger partial charge in [-0.1, -0.05) is 37.5 Å². The van der Waals surface area contributed by atoms with Gasteiger partial charge in [-0.2, -0.15) is 13.8 Å². The van der Waals surface area contributed by atoms with Gasteiger partial charge in [0.25, 0.3) is 5.91 Å². The average molecular weight is 423 g/mol. The first-order chi connectivity index (χ1) is 13.8. The van der Waals surface area contributed by atoms with Crippen LogP contribution in [-0.4, -0.2) is 33.5 Å². The fourth-order valence-electron chi connectivity index (χ4n) is 1.82. The van der Waals surface area contributed by atoms with Gasteiger partial charge in [-0.05, 0) is 29.9 Å². The highest BCUT2D eigenvalue weighted by Crippen LogP contribution is 2.28. The number of ether oxygens (including phenoxy) is 1. The number of aromatic nitrogens is 2. The predicted octanol–water partition coefficient (Wildman–Crippen LogP) is 4.48. The number of nitrogens with one attached hydrogen (secondary N) is 1. The molecule has 0 radical (unpaired) electrons. The van der Waals surface area contributed by atoms with Gasteiger partial charge in [-0.15, -0.1) is 11.8 Å². The molecule has 1 aliphatic carbocycles. The summed E-state index contributed by atoms with van der Waals surface area (Å²) in [6.07, 6.45) is 7.33. The molecule has 1 aliphatic rings. The van der Waals surface area contributed by atoms with E-state index in [0.29, 0.717) is 12.7 Å². The lowest BCUT2D eigenvalue weighted by atomic mass is 10.2. The average Bonchev–Trinajstić information content (AvgIpc) is 3.55. The van der Waals surface area contributed by atoms with E-state index in [1.165, 1.54) is 37.1 Å². The molecule has 1 aromatic heterocycles. The summed E-state index contributed by atoms with van der Waals surface area (Å²) in [5, 5.41) is 13.6. The van der Waals surface area contributed by atoms with Gasteiger partial charge < -0.3 is 15.2 Å². The lowest BCUT2D eigenvalue weighted by Crippen LogP contribution is -2.33. The van der Waals surface area contributed by atoms with Crippen LogP contribution < -0.4 is 10.1 Å². The van der Waals surface area contributed by atoms with Crippen LogP contribution in [0.15, 0.2) is 48.0 Å². The van der Waals surface area contributed by atoms with Crippen molar-refractivity contribution in [3.8, 4) is 11.6 Å². The molecule has 6 nitrogen and oxygen atoms in total. The highest BCUT2D eigenvalue weighted by Gasteiger charge is 2.30. The third-order valence-corrected chi connectivity index (χ3v) is 3.81. The molecule has 0 bridgehead atoms. The van der Waals surface area contributed by atoms with E-state index in [4.69, 9.17) is 4.74 Å². The Morgan fingerprint density at radius 2 is 1.97 bits per heavy atom. The number of aliphatic hydroxyl groups excluding tert-OH is 1. The highest BCUT2D eigenvalue weighted by atomic mass is 32.2. The zero-order chi connectivity index (χ0) is 21.3. The van der Waals surface area contributed by atoms with Gasteiger partial charge in [-0.25, -0.2) is 4.98 Å². The Kier molecular flexibility index (Phi) is 8.53. The summed E-state index contributed by atoms with van der Waals surface area (Å²) < 4.78 is 32.5. The van der Waals surface area contributed by atoms with Crippen LogP contribution in [0.1, 0.15) is 42.4 Å². The minimum absolute atomic E-state index is 0.182. The number of amides is 1. The number of hydrogen-bond acceptors (Lipinski definition) is 6. The number of carbonyl (C=O) groups excluding carboxylic acids is 1. The molecule has 1 aromatic carbocycles. The second-order valence-corrected chi connectivity index (χ2v) is 7.00. The third-order valence-electron chi connectivity index (χ3n) is 3.38. The number of hydrogen-bond donors (Lipinski definition) is 2. The van der Waals surface area contributed by atoms with Gasteiger partial charge in [0.1, 0.15) is 17.5 Å². The molecule has 1 atom stereocenters. The normalized spacial score (nSPS) is 14.0. The minimum Gasteiger partial charge on any atom is -0.438 e. The zero-order valence-electron chi connectivity index (χ0n) is 16.1. The van der Waals surface area contributed by atoms with E-state index < -0.39 is 23.9 Å². The number of nitrogens with zero attached hydrogens (tertiary/aromatic N) is 2. The molecule has 2 aromatic rings. The number of para-hydroxylation sites is 1. The Morgan fingerprint density at radius 1 is 1.31 bits per heavy atom. The molecule has 1 heterocycles. The van der Waals surface area contributed by atoms with Gasteiger partial charge in [0.15, 0.2) is 0 Å². The number of aliphatic hydroxyl groups is 1. The SMILES string of the molecule is C1CC1.CS/C=C/C(O)NC(=O)c1cnc(C(C)(F)F)nc1Oc1ccccc1. The van der Waals surface area contributed by atoms with Crippen molar-refractivity contribution in [2.45, 2.75) is 38.3 Å². The third kappa shape index (κ3) is 8.16. The summed E-state index contributed by atoms with van der Waals surface area (Å²) >= 11 is 1.34. The van der Waals surface area contributed by atoms with Crippen molar-refractivity contribution >= 4 is 17.7 Å². The molecule has 1 saturated carbocycles. The second kappa shape index (κ2) is 10.9. The molecule has 29 heavy (non-hydrogen) atoms. The first-order valence-corrected chi connectivity index (χ1v) is 10.3. The van der Waals surface area contributed by atoms with Crippen LogP contribution in [0.3, 0.4) is 0 Å². The van der Waals surface area contributed by atoms with E-state index in [1.807, 2.05) is 0 Å². The van der Waals surface area contributed by atoms with E-state index in [9.17, 15) is 18.7 Å². The van der Waals surface area contributed by atoms with Gasteiger partial charge >= 0.3 is 5.92 Å². The van der Waals surface area contributed by atoms with Crippen molar-refractivity contribution in [1.82, 2.24) is 15.3 Å². The number of rotatable bonds is 7. The van der Waals surface area contributed by atoms with Crippen LogP contribution in [0.25, 0.3) is 0 Å². The van der Waals surface area contributed by atoms with Gasteiger partial charge in [0.05, 0.1) is 0 Å². The van der Waals surface area contributed by atoms with Gasteiger partial charge in [0.2, 0.25) is 11.7 Å². The fourth-order valence-corrected chi connectivity index (χ4v) is 2.13. The van der Waals surface area contributed by atoms with E-state index in [-0.39, 0.29) is 11.4 Å². The number of halogens is 2. The van der Waals surface area contributed by atoms with Crippen molar-refractivity contribution in [2.75, 3.05) is 6.26 Å². The van der Waals surface area contributed by atoms with E-state index in [1.54, 1.807) is 42.0 Å².